The van der Waals surface area contributed by atoms with Gasteiger partial charge in [-0.2, -0.15) is 0 Å². The molecule has 0 aliphatic carbocycles. The summed E-state index contributed by atoms with van der Waals surface area (Å²) in [6.45, 7) is 7.74. The molecular weight excluding hydrogens is 358 g/mol. The van der Waals surface area contributed by atoms with Crippen molar-refractivity contribution in [3.8, 4) is 11.5 Å². The summed E-state index contributed by atoms with van der Waals surface area (Å²) in [4.78, 5) is 0. The smallest absolute Gasteiger partial charge is 0.159 e. The summed E-state index contributed by atoms with van der Waals surface area (Å²) in [6, 6.07) is 3.23. The van der Waals surface area contributed by atoms with Crippen molar-refractivity contribution >= 4 is 11.4 Å². The van der Waals surface area contributed by atoms with Crippen molar-refractivity contribution in [3.05, 3.63) is 26.0 Å². The normalized spacial score (nSPS) is 8.62. The second kappa shape index (κ2) is 9.64. The summed E-state index contributed by atoms with van der Waals surface area (Å²) in [5.41, 5.74) is 12.2. The van der Waals surface area contributed by atoms with Gasteiger partial charge in [-0.25, -0.2) is 0 Å². The molecule has 2 radical (unpaired) electrons. The largest absolute Gasteiger partial charge is 0.522 e. The molecule has 1 aromatic carbocycles. The second-order valence-electron chi connectivity index (χ2n) is 2.62. The summed E-state index contributed by atoms with van der Waals surface area (Å²) < 4.78 is 10.5. The zero-order valence-electron chi connectivity index (χ0n) is 9.11. The first-order chi connectivity index (χ1) is 6.69. The number of ether oxygens (including phenoxy) is 2. The third-order valence-corrected chi connectivity index (χ3v) is 1.66. The molecule has 0 saturated carbocycles. The molecule has 0 bridgehead atoms. The summed E-state index contributed by atoms with van der Waals surface area (Å²) in [6.07, 6.45) is 0. The standard InChI is InChI=1S/C10H14N2O2.2Y/c1-3-13-9-5-7(11)8(12)6-10(9)14-4-2;;/h5-6H,1-4,11-12H2;;/q-2;;. The van der Waals surface area contributed by atoms with E-state index in [1.807, 2.05) is 0 Å². The Labute approximate surface area is 147 Å². The fourth-order valence-corrected chi connectivity index (χ4v) is 1.04. The molecule has 0 aliphatic rings. The predicted octanol–water partition coefficient (Wildman–Crippen LogP) is 1.27. The Balaban J connectivity index is 0. The number of nitrogens with two attached hydrogens (primary N) is 2. The molecule has 84 valence electrons. The molecule has 0 atom stereocenters. The first-order valence-corrected chi connectivity index (χ1v) is 4.22. The number of rotatable bonds is 4. The minimum atomic E-state index is 0. The molecule has 1 rings (SSSR count). The summed E-state index contributed by atoms with van der Waals surface area (Å²) in [7, 11) is 0. The van der Waals surface area contributed by atoms with Crippen LogP contribution in [-0.2, 0) is 65.4 Å². The van der Waals surface area contributed by atoms with E-state index in [9.17, 15) is 0 Å². The van der Waals surface area contributed by atoms with Gasteiger partial charge in [-0.1, -0.05) is 0 Å². The summed E-state index contributed by atoms with van der Waals surface area (Å²) >= 11 is 0. The molecular formula is C10H14N2O2Y2-2. The Kier molecular flexibility index (Phi) is 11.4. The van der Waals surface area contributed by atoms with Gasteiger partial charge in [-0.05, 0) is 13.2 Å². The average molecular weight is 372 g/mol. The van der Waals surface area contributed by atoms with Crippen LogP contribution in [0, 0.1) is 13.8 Å². The third kappa shape index (κ3) is 5.31. The van der Waals surface area contributed by atoms with E-state index in [4.69, 9.17) is 20.9 Å². The van der Waals surface area contributed by atoms with E-state index >= 15 is 0 Å². The van der Waals surface area contributed by atoms with Gasteiger partial charge in [0.2, 0.25) is 0 Å². The van der Waals surface area contributed by atoms with Gasteiger partial charge in [0.15, 0.2) is 11.5 Å². The Bertz CT molecular complexity index is 291. The van der Waals surface area contributed by atoms with Crippen LogP contribution < -0.4 is 20.9 Å². The van der Waals surface area contributed by atoms with Crippen LogP contribution >= 0.6 is 0 Å². The van der Waals surface area contributed by atoms with Crippen LogP contribution in [0.4, 0.5) is 11.4 Å². The quantitative estimate of drug-likeness (QED) is 0.617. The van der Waals surface area contributed by atoms with E-state index in [2.05, 4.69) is 13.8 Å². The maximum Gasteiger partial charge on any atom is 0.159 e. The number of benzene rings is 1. The Morgan fingerprint density at radius 2 is 1.19 bits per heavy atom. The topological polar surface area (TPSA) is 70.5 Å². The van der Waals surface area contributed by atoms with Crippen LogP contribution in [0.2, 0.25) is 0 Å². The molecule has 0 unspecified atom stereocenters. The minimum absolute atomic E-state index is 0. The average Bonchev–Trinajstić information content (AvgIpc) is 2.14. The number of hydrogen-bond acceptors (Lipinski definition) is 4. The number of hydrogen-bond donors (Lipinski definition) is 2. The van der Waals surface area contributed by atoms with Crippen LogP contribution in [0.15, 0.2) is 12.1 Å². The molecule has 6 heteroatoms. The maximum atomic E-state index is 5.62. The van der Waals surface area contributed by atoms with Crippen molar-refractivity contribution in [2.45, 2.75) is 0 Å². The fourth-order valence-electron chi connectivity index (χ4n) is 1.04. The fraction of sp³-hybridized carbons (Fsp3) is 0.200. The summed E-state index contributed by atoms with van der Waals surface area (Å²) in [5, 5.41) is 0. The SMILES string of the molecule is [CH2-]COc1cc(N)c(N)cc1OC[CH2-].[Y].[Y]. The van der Waals surface area contributed by atoms with Crippen molar-refractivity contribution in [1.29, 1.82) is 0 Å². The minimum Gasteiger partial charge on any atom is -0.522 e. The van der Waals surface area contributed by atoms with Crippen LogP contribution in [0.1, 0.15) is 0 Å². The van der Waals surface area contributed by atoms with Crippen LogP contribution in [-0.4, -0.2) is 13.2 Å². The molecule has 0 amide bonds. The van der Waals surface area contributed by atoms with Gasteiger partial charge in [0, 0.05) is 77.6 Å². The van der Waals surface area contributed by atoms with Gasteiger partial charge in [0.05, 0.1) is 11.4 Å². The monoisotopic (exact) mass is 372 g/mol. The molecule has 4 nitrogen and oxygen atoms in total. The van der Waals surface area contributed by atoms with Crippen molar-refractivity contribution in [3.63, 3.8) is 0 Å². The van der Waals surface area contributed by atoms with E-state index in [1.54, 1.807) is 12.1 Å². The van der Waals surface area contributed by atoms with E-state index < -0.39 is 0 Å². The molecule has 4 N–H and O–H groups in total. The van der Waals surface area contributed by atoms with Gasteiger partial charge in [-0.3, -0.25) is 0 Å². The molecule has 0 aliphatic heterocycles. The first kappa shape index (κ1) is 19.0. The van der Waals surface area contributed by atoms with Gasteiger partial charge < -0.3 is 34.8 Å². The van der Waals surface area contributed by atoms with Crippen molar-refractivity contribution in [1.82, 2.24) is 0 Å². The van der Waals surface area contributed by atoms with Crippen LogP contribution in [0.5, 0.6) is 11.5 Å². The Morgan fingerprint density at radius 3 is 1.44 bits per heavy atom. The first-order valence-electron chi connectivity index (χ1n) is 4.22. The Hall–Kier alpha value is 0.628. The Morgan fingerprint density at radius 1 is 0.875 bits per heavy atom. The van der Waals surface area contributed by atoms with Crippen LogP contribution in [0.25, 0.3) is 0 Å². The summed E-state index contributed by atoms with van der Waals surface area (Å²) in [5.74, 6) is 1.07. The van der Waals surface area contributed by atoms with Crippen molar-refractivity contribution in [2.75, 3.05) is 24.7 Å². The zero-order valence-corrected chi connectivity index (χ0v) is 14.8. The van der Waals surface area contributed by atoms with Gasteiger partial charge >= 0.3 is 0 Å². The van der Waals surface area contributed by atoms with Gasteiger partial charge in [0.25, 0.3) is 0 Å². The van der Waals surface area contributed by atoms with Gasteiger partial charge in [-0.15, -0.1) is 0 Å². The number of nitrogen functional groups attached to an aromatic ring is 2. The zero-order chi connectivity index (χ0) is 10.6. The molecule has 16 heavy (non-hydrogen) atoms. The molecule has 0 fully saturated rings. The van der Waals surface area contributed by atoms with Crippen molar-refractivity contribution < 1.29 is 74.9 Å². The molecule has 0 aromatic heterocycles. The second-order valence-corrected chi connectivity index (χ2v) is 2.62. The van der Waals surface area contributed by atoms with Crippen LogP contribution in [0.3, 0.4) is 0 Å². The maximum absolute atomic E-state index is 5.62. The molecule has 1 aromatic rings. The third-order valence-electron chi connectivity index (χ3n) is 1.66. The van der Waals surface area contributed by atoms with E-state index in [0.29, 0.717) is 36.1 Å². The number of anilines is 2. The predicted molar refractivity (Wildman–Crippen MR) is 57.0 cm³/mol. The van der Waals surface area contributed by atoms with Crippen molar-refractivity contribution in [2.24, 2.45) is 0 Å². The molecule has 0 saturated heterocycles. The molecule has 0 heterocycles. The van der Waals surface area contributed by atoms with Gasteiger partial charge in [0.1, 0.15) is 0 Å². The van der Waals surface area contributed by atoms with E-state index in [-0.39, 0.29) is 65.4 Å². The molecule has 0 spiro atoms. The van der Waals surface area contributed by atoms with E-state index in [1.165, 1.54) is 0 Å². The van der Waals surface area contributed by atoms with E-state index in [0.717, 1.165) is 0 Å².